The van der Waals surface area contributed by atoms with Crippen LogP contribution in [0.15, 0.2) is 18.2 Å². The molecule has 2 rings (SSSR count). The SMILES string of the molecule is COc1ccc(CN2CCNC(=O)[C@H]2CC(=O)N(C)C)c(F)c1. The molecule has 1 fully saturated rings. The normalized spacial score (nSPS) is 18.4. The summed E-state index contributed by atoms with van der Waals surface area (Å²) in [5, 5.41) is 2.76. The number of nitrogens with one attached hydrogen (secondary N) is 1. The summed E-state index contributed by atoms with van der Waals surface area (Å²) in [5.41, 5.74) is 0.475. The third-order valence-electron chi connectivity index (χ3n) is 3.94. The first-order valence-corrected chi connectivity index (χ1v) is 7.46. The van der Waals surface area contributed by atoms with Gasteiger partial charge in [0, 0.05) is 45.4 Å². The standard InChI is InChI=1S/C16H22FN3O3/c1-19(2)15(21)9-14-16(22)18-6-7-20(14)10-11-4-5-12(23-3)8-13(11)17/h4-5,8,14H,6-7,9-10H2,1-3H3,(H,18,22)/t14-/m1/s1. The maximum absolute atomic E-state index is 14.1. The molecule has 1 aromatic carbocycles. The molecule has 1 aliphatic heterocycles. The van der Waals surface area contributed by atoms with E-state index in [1.54, 1.807) is 26.2 Å². The molecular formula is C16H22FN3O3. The van der Waals surface area contributed by atoms with Gasteiger partial charge in [-0.15, -0.1) is 0 Å². The highest BCUT2D eigenvalue weighted by atomic mass is 19.1. The third kappa shape index (κ3) is 4.19. The first-order valence-electron chi connectivity index (χ1n) is 7.46. The van der Waals surface area contributed by atoms with Gasteiger partial charge in [-0.3, -0.25) is 14.5 Å². The smallest absolute Gasteiger partial charge is 0.237 e. The first kappa shape index (κ1) is 17.2. The van der Waals surface area contributed by atoms with Crippen LogP contribution in [0.1, 0.15) is 12.0 Å². The molecule has 0 aromatic heterocycles. The van der Waals surface area contributed by atoms with E-state index >= 15 is 0 Å². The quantitative estimate of drug-likeness (QED) is 0.863. The molecular weight excluding hydrogens is 301 g/mol. The predicted molar refractivity (Wildman–Crippen MR) is 83.5 cm³/mol. The van der Waals surface area contributed by atoms with E-state index in [0.717, 1.165) is 0 Å². The summed E-state index contributed by atoms with van der Waals surface area (Å²) in [4.78, 5) is 27.3. The topological polar surface area (TPSA) is 61.9 Å². The van der Waals surface area contributed by atoms with Crippen molar-refractivity contribution in [2.24, 2.45) is 0 Å². The Bertz CT molecular complexity index is 592. The van der Waals surface area contributed by atoms with Gasteiger partial charge in [0.15, 0.2) is 0 Å². The van der Waals surface area contributed by atoms with Gasteiger partial charge in [0.05, 0.1) is 19.6 Å². The molecule has 126 valence electrons. The van der Waals surface area contributed by atoms with Crippen LogP contribution in [0.5, 0.6) is 5.75 Å². The number of rotatable bonds is 5. The summed E-state index contributed by atoms with van der Waals surface area (Å²) in [6, 6.07) is 4.06. The second kappa shape index (κ2) is 7.41. The average Bonchev–Trinajstić information content (AvgIpc) is 2.52. The van der Waals surface area contributed by atoms with Crippen LogP contribution in [0, 0.1) is 5.82 Å². The lowest BCUT2D eigenvalue weighted by Crippen LogP contribution is -2.56. The Hall–Kier alpha value is -2.15. The van der Waals surface area contributed by atoms with Crippen molar-refractivity contribution in [1.29, 1.82) is 0 Å². The van der Waals surface area contributed by atoms with Gasteiger partial charge in [-0.2, -0.15) is 0 Å². The molecule has 1 aromatic rings. The van der Waals surface area contributed by atoms with Crippen molar-refractivity contribution in [3.05, 3.63) is 29.6 Å². The molecule has 7 heteroatoms. The summed E-state index contributed by atoms with van der Waals surface area (Å²) >= 11 is 0. The molecule has 23 heavy (non-hydrogen) atoms. The summed E-state index contributed by atoms with van der Waals surface area (Å²) in [5.74, 6) is -0.261. The van der Waals surface area contributed by atoms with Crippen molar-refractivity contribution in [3.8, 4) is 5.75 Å². The number of nitrogens with zero attached hydrogens (tertiary/aromatic N) is 2. The molecule has 0 saturated carbocycles. The molecule has 0 radical (unpaired) electrons. The van der Waals surface area contributed by atoms with Crippen LogP contribution in [0.2, 0.25) is 0 Å². The number of amides is 2. The summed E-state index contributed by atoms with van der Waals surface area (Å²) < 4.78 is 19.1. The minimum absolute atomic E-state index is 0.0800. The summed E-state index contributed by atoms with van der Waals surface area (Å²) in [6.45, 7) is 1.33. The number of ether oxygens (including phenoxy) is 1. The molecule has 1 N–H and O–H groups in total. The summed E-state index contributed by atoms with van der Waals surface area (Å²) in [7, 11) is 4.78. The van der Waals surface area contributed by atoms with Gasteiger partial charge >= 0.3 is 0 Å². The van der Waals surface area contributed by atoms with Gasteiger partial charge < -0.3 is 15.0 Å². The van der Waals surface area contributed by atoms with Gasteiger partial charge in [-0.1, -0.05) is 6.07 Å². The second-order valence-electron chi connectivity index (χ2n) is 5.73. The molecule has 0 bridgehead atoms. The lowest BCUT2D eigenvalue weighted by Gasteiger charge is -2.35. The van der Waals surface area contributed by atoms with E-state index in [4.69, 9.17) is 4.74 Å². The average molecular weight is 323 g/mol. The second-order valence-corrected chi connectivity index (χ2v) is 5.73. The largest absolute Gasteiger partial charge is 0.497 e. The van der Waals surface area contributed by atoms with Crippen LogP contribution in [-0.4, -0.2) is 62.0 Å². The fourth-order valence-corrected chi connectivity index (χ4v) is 2.52. The number of halogens is 1. The lowest BCUT2D eigenvalue weighted by atomic mass is 10.1. The van der Waals surface area contributed by atoms with Gasteiger partial charge in [0.2, 0.25) is 11.8 Å². The van der Waals surface area contributed by atoms with Crippen LogP contribution in [0.25, 0.3) is 0 Å². The van der Waals surface area contributed by atoms with Gasteiger partial charge in [-0.25, -0.2) is 4.39 Å². The van der Waals surface area contributed by atoms with Crippen molar-refractivity contribution < 1.29 is 18.7 Å². The molecule has 1 heterocycles. The van der Waals surface area contributed by atoms with Crippen LogP contribution in [0.3, 0.4) is 0 Å². The molecule has 0 spiro atoms. The number of carbonyl (C=O) groups is 2. The number of hydrogen-bond acceptors (Lipinski definition) is 4. The Morgan fingerprint density at radius 3 is 2.83 bits per heavy atom. The Labute approximate surface area is 135 Å². The molecule has 2 amide bonds. The molecule has 0 aliphatic carbocycles. The van der Waals surface area contributed by atoms with Crippen molar-refractivity contribution in [3.63, 3.8) is 0 Å². The Morgan fingerprint density at radius 2 is 2.22 bits per heavy atom. The van der Waals surface area contributed by atoms with Crippen LogP contribution >= 0.6 is 0 Å². The lowest BCUT2D eigenvalue weighted by molar-refractivity contribution is -0.137. The molecule has 6 nitrogen and oxygen atoms in total. The van der Waals surface area contributed by atoms with E-state index < -0.39 is 6.04 Å². The van der Waals surface area contributed by atoms with E-state index in [-0.39, 0.29) is 30.6 Å². The fourth-order valence-electron chi connectivity index (χ4n) is 2.52. The number of carbonyl (C=O) groups excluding carboxylic acids is 2. The zero-order valence-electron chi connectivity index (χ0n) is 13.6. The predicted octanol–water partition coefficient (Wildman–Crippen LogP) is 0.613. The van der Waals surface area contributed by atoms with Gasteiger partial charge in [0.25, 0.3) is 0 Å². The van der Waals surface area contributed by atoms with Crippen molar-refractivity contribution >= 4 is 11.8 Å². The molecule has 1 atom stereocenters. The van der Waals surface area contributed by atoms with E-state index in [2.05, 4.69) is 5.32 Å². The Balaban J connectivity index is 2.15. The van der Waals surface area contributed by atoms with E-state index in [9.17, 15) is 14.0 Å². The van der Waals surface area contributed by atoms with Crippen LogP contribution in [-0.2, 0) is 16.1 Å². The third-order valence-corrected chi connectivity index (χ3v) is 3.94. The van der Waals surface area contributed by atoms with Gasteiger partial charge in [-0.05, 0) is 6.07 Å². The highest BCUT2D eigenvalue weighted by Gasteiger charge is 2.32. The number of hydrogen-bond donors (Lipinski definition) is 1. The zero-order chi connectivity index (χ0) is 17.0. The Kier molecular flexibility index (Phi) is 5.54. The van der Waals surface area contributed by atoms with Crippen LogP contribution < -0.4 is 10.1 Å². The van der Waals surface area contributed by atoms with Crippen molar-refractivity contribution in [1.82, 2.24) is 15.1 Å². The van der Waals surface area contributed by atoms with E-state index in [1.807, 2.05) is 4.90 Å². The minimum atomic E-state index is -0.583. The van der Waals surface area contributed by atoms with Gasteiger partial charge in [0.1, 0.15) is 11.6 Å². The van der Waals surface area contributed by atoms with Crippen LogP contribution in [0.4, 0.5) is 4.39 Å². The fraction of sp³-hybridized carbons (Fsp3) is 0.500. The highest BCUT2D eigenvalue weighted by molar-refractivity contribution is 5.88. The number of benzene rings is 1. The monoisotopic (exact) mass is 323 g/mol. The van der Waals surface area contributed by atoms with Crippen molar-refractivity contribution in [2.45, 2.75) is 19.0 Å². The summed E-state index contributed by atoms with van der Waals surface area (Å²) in [6.07, 6.45) is 0.0800. The number of methoxy groups -OCH3 is 1. The maximum atomic E-state index is 14.1. The molecule has 1 aliphatic rings. The minimum Gasteiger partial charge on any atom is -0.497 e. The van der Waals surface area contributed by atoms with Crippen molar-refractivity contribution in [2.75, 3.05) is 34.3 Å². The number of piperazine rings is 1. The maximum Gasteiger partial charge on any atom is 0.237 e. The molecule has 1 saturated heterocycles. The highest BCUT2D eigenvalue weighted by Crippen LogP contribution is 2.20. The Morgan fingerprint density at radius 1 is 1.48 bits per heavy atom. The first-order chi connectivity index (χ1) is 10.9. The van der Waals surface area contributed by atoms with E-state index in [0.29, 0.717) is 24.4 Å². The van der Waals surface area contributed by atoms with E-state index in [1.165, 1.54) is 18.1 Å². The zero-order valence-corrected chi connectivity index (χ0v) is 13.6. The molecule has 0 unspecified atom stereocenters.